The number of thiophene rings is 1. The van der Waals surface area contributed by atoms with E-state index in [-0.39, 0.29) is 0 Å². The van der Waals surface area contributed by atoms with E-state index in [9.17, 15) is 5.11 Å². The van der Waals surface area contributed by atoms with Gasteiger partial charge in [0.05, 0.1) is 4.47 Å². The summed E-state index contributed by atoms with van der Waals surface area (Å²) in [5.41, 5.74) is 0. The van der Waals surface area contributed by atoms with E-state index in [1.54, 1.807) is 17.4 Å². The van der Waals surface area contributed by atoms with E-state index in [4.69, 9.17) is 4.42 Å². The molecule has 0 amide bonds. The third kappa shape index (κ3) is 2.79. The van der Waals surface area contributed by atoms with Gasteiger partial charge in [-0.3, -0.25) is 0 Å². The predicted molar refractivity (Wildman–Crippen MR) is 74.8 cm³/mol. The molecule has 2 aromatic heterocycles. The molecule has 2 rings (SSSR count). The molecule has 0 bridgehead atoms. The number of hydrogen-bond donors (Lipinski definition) is 1. The highest BCUT2D eigenvalue weighted by Crippen LogP contribution is 2.33. The van der Waals surface area contributed by atoms with Crippen molar-refractivity contribution in [2.75, 3.05) is 0 Å². The van der Waals surface area contributed by atoms with Crippen molar-refractivity contribution >= 4 is 59.1 Å². The Labute approximate surface area is 122 Å². The molecule has 0 spiro atoms. The summed E-state index contributed by atoms with van der Waals surface area (Å²) in [5, 5.41) is 12.0. The van der Waals surface area contributed by atoms with Crippen LogP contribution >= 0.6 is 59.1 Å². The lowest BCUT2D eigenvalue weighted by molar-refractivity contribution is 0.149. The Balaban J connectivity index is 2.14. The number of furan rings is 1. The average molecular weight is 431 g/mol. The average Bonchev–Trinajstić information content (AvgIpc) is 2.76. The second kappa shape index (κ2) is 5.35. The minimum absolute atomic E-state index is 0.546. The van der Waals surface area contributed by atoms with E-state index in [2.05, 4.69) is 47.8 Å². The van der Waals surface area contributed by atoms with Crippen molar-refractivity contribution in [3.63, 3.8) is 0 Å². The molecule has 0 radical (unpaired) electrons. The van der Waals surface area contributed by atoms with Gasteiger partial charge in [0, 0.05) is 15.8 Å². The molecule has 2 heterocycles. The molecule has 0 aliphatic rings. The van der Waals surface area contributed by atoms with Crippen LogP contribution in [0.25, 0.3) is 0 Å². The number of rotatable bonds is 3. The Bertz CT molecular complexity index is 472. The van der Waals surface area contributed by atoms with Gasteiger partial charge in [-0.05, 0) is 65.3 Å². The Morgan fingerprint density at radius 3 is 2.56 bits per heavy atom. The van der Waals surface area contributed by atoms with Gasteiger partial charge in [-0.15, -0.1) is 11.3 Å². The van der Waals surface area contributed by atoms with E-state index < -0.39 is 6.10 Å². The van der Waals surface area contributed by atoms with E-state index in [1.807, 2.05) is 11.4 Å². The SMILES string of the molecule is OC(Cc1sccc1Br)c1cc(Br)c(Br)o1. The molecule has 2 nitrogen and oxygen atoms in total. The van der Waals surface area contributed by atoms with Crippen LogP contribution in [0.4, 0.5) is 0 Å². The summed E-state index contributed by atoms with van der Waals surface area (Å²) >= 11 is 11.6. The van der Waals surface area contributed by atoms with Gasteiger partial charge in [0.25, 0.3) is 0 Å². The lowest BCUT2D eigenvalue weighted by Gasteiger charge is -2.05. The molecule has 0 aliphatic heterocycles. The maximum absolute atomic E-state index is 10.0. The molecule has 0 saturated heterocycles. The molecular formula is C10H7Br3O2S. The molecule has 0 aliphatic carbocycles. The number of halogens is 3. The highest BCUT2D eigenvalue weighted by molar-refractivity contribution is 9.13. The predicted octanol–water partition coefficient (Wildman–Crippen LogP) is 4.90. The van der Waals surface area contributed by atoms with Gasteiger partial charge in [0.2, 0.25) is 0 Å². The van der Waals surface area contributed by atoms with Crippen LogP contribution in [0.3, 0.4) is 0 Å². The van der Waals surface area contributed by atoms with Gasteiger partial charge in [-0.25, -0.2) is 0 Å². The fourth-order valence-electron chi connectivity index (χ4n) is 1.27. The second-order valence-corrected chi connectivity index (χ2v) is 6.61. The fourth-order valence-corrected chi connectivity index (χ4v) is 3.43. The molecule has 0 aromatic carbocycles. The summed E-state index contributed by atoms with van der Waals surface area (Å²) in [5.74, 6) is 0.555. The lowest BCUT2D eigenvalue weighted by atomic mass is 10.2. The van der Waals surface area contributed by atoms with Crippen molar-refractivity contribution < 1.29 is 9.52 Å². The molecule has 1 unspecified atom stereocenters. The van der Waals surface area contributed by atoms with Crippen molar-refractivity contribution in [3.05, 3.63) is 41.8 Å². The smallest absolute Gasteiger partial charge is 0.183 e. The van der Waals surface area contributed by atoms with Crippen LogP contribution in [0, 0.1) is 0 Å². The Morgan fingerprint density at radius 1 is 1.31 bits per heavy atom. The molecule has 2 aromatic rings. The normalized spacial score (nSPS) is 13.0. The molecule has 6 heteroatoms. The fraction of sp³-hybridized carbons (Fsp3) is 0.200. The second-order valence-electron chi connectivity index (χ2n) is 3.18. The Morgan fingerprint density at radius 2 is 2.06 bits per heavy atom. The number of aliphatic hydroxyl groups is 1. The molecule has 1 N–H and O–H groups in total. The summed E-state index contributed by atoms with van der Waals surface area (Å²) < 4.78 is 7.82. The number of aliphatic hydroxyl groups excluding tert-OH is 1. The van der Waals surface area contributed by atoms with Gasteiger partial charge in [0.1, 0.15) is 11.9 Å². The quantitative estimate of drug-likeness (QED) is 0.751. The van der Waals surface area contributed by atoms with Gasteiger partial charge < -0.3 is 9.52 Å². The Hall–Kier alpha value is 0.380. The maximum Gasteiger partial charge on any atom is 0.183 e. The van der Waals surface area contributed by atoms with Crippen molar-refractivity contribution in [1.29, 1.82) is 0 Å². The van der Waals surface area contributed by atoms with Gasteiger partial charge in [0.15, 0.2) is 4.67 Å². The molecule has 16 heavy (non-hydrogen) atoms. The summed E-state index contributed by atoms with van der Waals surface area (Å²) in [6, 6.07) is 3.75. The molecule has 0 saturated carbocycles. The zero-order chi connectivity index (χ0) is 11.7. The first-order chi connectivity index (χ1) is 7.58. The van der Waals surface area contributed by atoms with Gasteiger partial charge in [-0.2, -0.15) is 0 Å². The molecular weight excluding hydrogens is 424 g/mol. The zero-order valence-electron chi connectivity index (χ0n) is 7.91. The van der Waals surface area contributed by atoms with Crippen LogP contribution < -0.4 is 0 Å². The first kappa shape index (κ1) is 12.8. The van der Waals surface area contributed by atoms with Crippen LogP contribution in [-0.4, -0.2) is 5.11 Å². The van der Waals surface area contributed by atoms with Crippen molar-refractivity contribution in [3.8, 4) is 0 Å². The molecule has 0 fully saturated rings. The number of hydrogen-bond acceptors (Lipinski definition) is 3. The zero-order valence-corrected chi connectivity index (χ0v) is 13.5. The van der Waals surface area contributed by atoms with Crippen molar-refractivity contribution in [2.24, 2.45) is 0 Å². The summed E-state index contributed by atoms with van der Waals surface area (Å²) in [6.07, 6.45) is -0.0810. The van der Waals surface area contributed by atoms with Crippen LogP contribution in [-0.2, 0) is 6.42 Å². The molecule has 86 valence electrons. The first-order valence-corrected chi connectivity index (χ1v) is 7.68. The summed E-state index contributed by atoms with van der Waals surface area (Å²) in [6.45, 7) is 0. The van der Waals surface area contributed by atoms with E-state index in [1.165, 1.54) is 0 Å². The minimum Gasteiger partial charge on any atom is -0.450 e. The third-order valence-electron chi connectivity index (χ3n) is 2.06. The first-order valence-electron chi connectivity index (χ1n) is 4.42. The van der Waals surface area contributed by atoms with E-state index in [0.717, 1.165) is 13.8 Å². The van der Waals surface area contributed by atoms with Crippen molar-refractivity contribution in [2.45, 2.75) is 12.5 Å². The van der Waals surface area contributed by atoms with Crippen LogP contribution in [0.15, 0.2) is 35.5 Å². The largest absolute Gasteiger partial charge is 0.450 e. The van der Waals surface area contributed by atoms with E-state index in [0.29, 0.717) is 16.9 Å². The Kier molecular flexibility index (Phi) is 4.29. The summed E-state index contributed by atoms with van der Waals surface area (Å²) in [4.78, 5) is 1.11. The van der Waals surface area contributed by atoms with Crippen LogP contribution in [0.1, 0.15) is 16.7 Å². The minimum atomic E-state index is -0.627. The maximum atomic E-state index is 10.0. The third-order valence-corrected chi connectivity index (χ3v) is 5.72. The van der Waals surface area contributed by atoms with E-state index >= 15 is 0 Å². The highest BCUT2D eigenvalue weighted by atomic mass is 79.9. The standard InChI is InChI=1S/C10H7Br3O2S/c11-5-1-2-16-9(5)4-7(14)8-3-6(12)10(13)15-8/h1-3,7,14H,4H2. The van der Waals surface area contributed by atoms with Crippen LogP contribution in [0.5, 0.6) is 0 Å². The van der Waals surface area contributed by atoms with Crippen molar-refractivity contribution in [1.82, 2.24) is 0 Å². The highest BCUT2D eigenvalue weighted by Gasteiger charge is 2.17. The lowest BCUT2D eigenvalue weighted by Crippen LogP contribution is -1.99. The van der Waals surface area contributed by atoms with Crippen LogP contribution in [0.2, 0.25) is 0 Å². The van der Waals surface area contributed by atoms with Gasteiger partial charge >= 0.3 is 0 Å². The van der Waals surface area contributed by atoms with Gasteiger partial charge in [-0.1, -0.05) is 0 Å². The monoisotopic (exact) mass is 428 g/mol. The summed E-state index contributed by atoms with van der Waals surface area (Å²) in [7, 11) is 0. The topological polar surface area (TPSA) is 33.4 Å². The molecule has 1 atom stereocenters.